The molecule has 0 radical (unpaired) electrons. The van der Waals surface area contributed by atoms with E-state index in [0.29, 0.717) is 13.0 Å². The molecule has 1 N–H and O–H groups in total. The molecule has 0 aliphatic carbocycles. The highest BCUT2D eigenvalue weighted by Crippen LogP contribution is 2.12. The van der Waals surface area contributed by atoms with Crippen LogP contribution in [0.5, 0.6) is 0 Å². The van der Waals surface area contributed by atoms with E-state index in [2.05, 4.69) is 10.6 Å². The van der Waals surface area contributed by atoms with Crippen LogP contribution < -0.4 is 10.5 Å². The van der Waals surface area contributed by atoms with E-state index in [1.807, 2.05) is 30.3 Å². The maximum atomic E-state index is 10.8. The van der Waals surface area contributed by atoms with Crippen LogP contribution in [0, 0.1) is 0 Å². The molecule has 0 bridgehead atoms. The SMILES string of the molecule is CC(=O)CCN1N=CN(c2ccccc2)N1. The lowest BCUT2D eigenvalue weighted by molar-refractivity contribution is -0.117. The average Bonchev–Trinajstić information content (AvgIpc) is 2.76. The van der Waals surface area contributed by atoms with E-state index in [4.69, 9.17) is 0 Å². The number of rotatable bonds is 4. The van der Waals surface area contributed by atoms with E-state index in [1.54, 1.807) is 23.4 Å². The van der Waals surface area contributed by atoms with Crippen molar-refractivity contribution in [1.82, 2.24) is 10.7 Å². The number of carbonyl (C=O) groups excluding carboxylic acids is 1. The molecule has 5 heteroatoms. The largest absolute Gasteiger partial charge is 0.300 e. The first-order chi connectivity index (χ1) is 7.75. The summed E-state index contributed by atoms with van der Waals surface area (Å²) in [5, 5.41) is 7.59. The van der Waals surface area contributed by atoms with Crippen LogP contribution in [0.25, 0.3) is 0 Å². The molecule has 1 aliphatic rings. The molecule has 0 atom stereocenters. The lowest BCUT2D eigenvalue weighted by Gasteiger charge is -2.19. The number of anilines is 1. The van der Waals surface area contributed by atoms with Crippen molar-refractivity contribution in [2.24, 2.45) is 5.10 Å². The third kappa shape index (κ3) is 2.58. The van der Waals surface area contributed by atoms with Crippen molar-refractivity contribution < 1.29 is 4.79 Å². The molecule has 1 aromatic carbocycles. The molecule has 0 saturated carbocycles. The van der Waals surface area contributed by atoms with Gasteiger partial charge in [0.05, 0.1) is 12.2 Å². The zero-order valence-corrected chi connectivity index (χ0v) is 9.13. The number of benzene rings is 1. The molecule has 2 rings (SSSR count). The molecule has 0 spiro atoms. The second-order valence-corrected chi connectivity index (χ2v) is 3.61. The van der Waals surface area contributed by atoms with E-state index >= 15 is 0 Å². The Balaban J connectivity index is 1.90. The number of nitrogens with one attached hydrogen (secondary N) is 1. The zero-order chi connectivity index (χ0) is 11.4. The van der Waals surface area contributed by atoms with Crippen LogP contribution in [0.4, 0.5) is 5.69 Å². The van der Waals surface area contributed by atoms with Crippen LogP contribution in [0.1, 0.15) is 13.3 Å². The van der Waals surface area contributed by atoms with Gasteiger partial charge < -0.3 is 0 Å². The molecule has 0 amide bonds. The number of para-hydroxylation sites is 1. The summed E-state index contributed by atoms with van der Waals surface area (Å²) in [6.45, 7) is 2.16. The molecule has 0 fully saturated rings. The van der Waals surface area contributed by atoms with Crippen LogP contribution >= 0.6 is 0 Å². The summed E-state index contributed by atoms with van der Waals surface area (Å²) in [4.78, 5) is 10.8. The normalized spacial score (nSPS) is 14.6. The van der Waals surface area contributed by atoms with Crippen LogP contribution in [-0.4, -0.2) is 23.8 Å². The van der Waals surface area contributed by atoms with Crippen LogP contribution in [-0.2, 0) is 4.79 Å². The van der Waals surface area contributed by atoms with Gasteiger partial charge in [-0.05, 0) is 19.1 Å². The predicted molar refractivity (Wildman–Crippen MR) is 62.6 cm³/mol. The fourth-order valence-electron chi connectivity index (χ4n) is 1.37. The molecule has 0 unspecified atom stereocenters. The van der Waals surface area contributed by atoms with Gasteiger partial charge in [0.25, 0.3) is 0 Å². The molecular weight excluding hydrogens is 204 g/mol. The van der Waals surface area contributed by atoms with Gasteiger partial charge in [0.2, 0.25) is 0 Å². The van der Waals surface area contributed by atoms with Gasteiger partial charge in [-0.25, -0.2) is 10.1 Å². The Hall–Kier alpha value is -1.88. The van der Waals surface area contributed by atoms with Crippen molar-refractivity contribution in [1.29, 1.82) is 0 Å². The average molecular weight is 218 g/mol. The summed E-state index contributed by atoms with van der Waals surface area (Å²) >= 11 is 0. The highest BCUT2D eigenvalue weighted by molar-refractivity contribution is 5.79. The van der Waals surface area contributed by atoms with E-state index in [0.717, 1.165) is 5.69 Å². The van der Waals surface area contributed by atoms with Crippen LogP contribution in [0.3, 0.4) is 0 Å². The first kappa shape index (κ1) is 10.6. The molecule has 1 aliphatic heterocycles. The molecule has 5 nitrogen and oxygen atoms in total. The Morgan fingerprint density at radius 3 is 2.81 bits per heavy atom. The van der Waals surface area contributed by atoms with Gasteiger partial charge >= 0.3 is 0 Å². The number of hydrogen-bond acceptors (Lipinski definition) is 5. The smallest absolute Gasteiger partial charge is 0.133 e. The number of hydrazine groups is 2. The fourth-order valence-corrected chi connectivity index (χ4v) is 1.37. The van der Waals surface area contributed by atoms with Gasteiger partial charge in [-0.1, -0.05) is 18.2 Å². The number of hydrazone groups is 1. The lowest BCUT2D eigenvalue weighted by atomic mass is 10.3. The maximum absolute atomic E-state index is 10.8. The molecule has 0 saturated heterocycles. The molecule has 1 heterocycles. The summed E-state index contributed by atoms with van der Waals surface area (Å²) in [7, 11) is 0. The Bertz CT molecular complexity index is 390. The predicted octanol–water partition coefficient (Wildman–Crippen LogP) is 1.15. The van der Waals surface area contributed by atoms with Gasteiger partial charge in [-0.2, -0.15) is 0 Å². The number of Topliss-reactive ketones (excluding diaryl/α,β-unsaturated/α-hetero) is 1. The van der Waals surface area contributed by atoms with Crippen molar-refractivity contribution in [2.45, 2.75) is 13.3 Å². The summed E-state index contributed by atoms with van der Waals surface area (Å²) in [6.07, 6.45) is 2.18. The van der Waals surface area contributed by atoms with Crippen LogP contribution in [0.15, 0.2) is 35.4 Å². The van der Waals surface area contributed by atoms with Crippen molar-refractivity contribution >= 4 is 17.8 Å². The first-order valence-electron chi connectivity index (χ1n) is 5.17. The Morgan fingerprint density at radius 2 is 2.12 bits per heavy atom. The van der Waals surface area contributed by atoms with Gasteiger partial charge in [-0.15, -0.1) is 10.6 Å². The molecular formula is C11H14N4O. The van der Waals surface area contributed by atoms with Crippen molar-refractivity contribution in [2.75, 3.05) is 11.6 Å². The van der Waals surface area contributed by atoms with Gasteiger partial charge in [-0.3, -0.25) is 4.79 Å². The highest BCUT2D eigenvalue weighted by Gasteiger charge is 2.14. The Kier molecular flexibility index (Phi) is 3.16. The third-order valence-corrected chi connectivity index (χ3v) is 2.24. The van der Waals surface area contributed by atoms with Gasteiger partial charge in [0.1, 0.15) is 12.1 Å². The van der Waals surface area contributed by atoms with E-state index in [9.17, 15) is 4.79 Å². The summed E-state index contributed by atoms with van der Waals surface area (Å²) in [6, 6.07) is 9.84. The van der Waals surface area contributed by atoms with Crippen molar-refractivity contribution in [3.8, 4) is 0 Å². The monoisotopic (exact) mass is 218 g/mol. The third-order valence-electron chi connectivity index (χ3n) is 2.24. The van der Waals surface area contributed by atoms with Crippen LogP contribution in [0.2, 0.25) is 0 Å². The number of hydrogen-bond donors (Lipinski definition) is 1. The van der Waals surface area contributed by atoms with E-state index in [-0.39, 0.29) is 5.78 Å². The van der Waals surface area contributed by atoms with Crippen molar-refractivity contribution in [3.63, 3.8) is 0 Å². The summed E-state index contributed by atoms with van der Waals surface area (Å²) in [5.74, 6) is 0.162. The lowest BCUT2D eigenvalue weighted by Crippen LogP contribution is -2.41. The molecule has 16 heavy (non-hydrogen) atoms. The molecule has 0 aromatic heterocycles. The highest BCUT2D eigenvalue weighted by atomic mass is 16.1. The quantitative estimate of drug-likeness (QED) is 0.823. The standard InChI is InChI=1S/C11H14N4O/c1-10(16)7-8-15-12-9-14(13-15)11-5-3-2-4-6-11/h2-6,9,13H,7-8H2,1H3. The Morgan fingerprint density at radius 1 is 1.38 bits per heavy atom. The minimum Gasteiger partial charge on any atom is -0.300 e. The summed E-state index contributed by atoms with van der Waals surface area (Å²) in [5.41, 5.74) is 4.07. The number of carbonyl (C=O) groups is 1. The van der Waals surface area contributed by atoms with Gasteiger partial charge in [0.15, 0.2) is 0 Å². The summed E-state index contributed by atoms with van der Waals surface area (Å²) < 4.78 is 0. The maximum Gasteiger partial charge on any atom is 0.133 e. The van der Waals surface area contributed by atoms with Gasteiger partial charge in [0, 0.05) is 6.42 Å². The topological polar surface area (TPSA) is 47.9 Å². The zero-order valence-electron chi connectivity index (χ0n) is 9.13. The number of ketones is 1. The molecule has 84 valence electrons. The number of nitrogens with zero attached hydrogens (tertiary/aromatic N) is 3. The van der Waals surface area contributed by atoms with E-state index in [1.165, 1.54) is 0 Å². The molecule has 1 aromatic rings. The Labute approximate surface area is 94.3 Å². The first-order valence-corrected chi connectivity index (χ1v) is 5.17. The second kappa shape index (κ2) is 4.76. The minimum absolute atomic E-state index is 0.162. The second-order valence-electron chi connectivity index (χ2n) is 3.61. The van der Waals surface area contributed by atoms with Crippen molar-refractivity contribution in [3.05, 3.63) is 30.3 Å². The minimum atomic E-state index is 0.162. The van der Waals surface area contributed by atoms with E-state index < -0.39 is 0 Å². The fraction of sp³-hybridized carbons (Fsp3) is 0.273.